The van der Waals surface area contributed by atoms with E-state index in [0.717, 1.165) is 0 Å². The van der Waals surface area contributed by atoms with Crippen molar-refractivity contribution in [3.05, 3.63) is 29.8 Å². The first-order valence-electron chi connectivity index (χ1n) is 9.34. The van der Waals surface area contributed by atoms with Gasteiger partial charge < -0.3 is 29.4 Å². The second-order valence-electron chi connectivity index (χ2n) is 6.90. The van der Waals surface area contributed by atoms with Crippen LogP contribution in [0.25, 0.3) is 0 Å². The van der Waals surface area contributed by atoms with Crippen LogP contribution < -0.4 is 19.5 Å². The molecule has 0 atom stereocenters. The van der Waals surface area contributed by atoms with E-state index < -0.39 is 0 Å². The number of aromatic nitrogens is 2. The lowest BCUT2D eigenvalue weighted by molar-refractivity contribution is -0.117. The van der Waals surface area contributed by atoms with Crippen LogP contribution in [-0.4, -0.2) is 78.2 Å². The van der Waals surface area contributed by atoms with E-state index in [1.165, 1.54) is 7.11 Å². The van der Waals surface area contributed by atoms with Gasteiger partial charge in [-0.3, -0.25) is 14.5 Å². The zero-order valence-electron chi connectivity index (χ0n) is 16.4. The third kappa shape index (κ3) is 4.11. The average molecular weight is 401 g/mol. The van der Waals surface area contributed by atoms with Gasteiger partial charge in [-0.05, 0) is 6.92 Å². The molecule has 0 aliphatic carbocycles. The van der Waals surface area contributed by atoms with Gasteiger partial charge in [0.1, 0.15) is 17.3 Å². The fourth-order valence-electron chi connectivity index (χ4n) is 3.39. The number of nitrogens with one attached hydrogen (secondary N) is 2. The maximum atomic E-state index is 12.5. The maximum Gasteiger partial charge on any atom is 0.272 e. The van der Waals surface area contributed by atoms with E-state index >= 15 is 0 Å². The number of carbonyl (C=O) groups is 2. The molecule has 29 heavy (non-hydrogen) atoms. The van der Waals surface area contributed by atoms with Crippen molar-refractivity contribution in [2.75, 3.05) is 51.9 Å². The minimum atomic E-state index is -0.161. The van der Waals surface area contributed by atoms with Crippen LogP contribution in [0.4, 0.5) is 5.69 Å². The fraction of sp³-hybridized carbons (Fsp3) is 0.421. The Balaban J connectivity index is 1.31. The lowest BCUT2D eigenvalue weighted by Gasteiger charge is -2.34. The molecule has 0 unspecified atom stereocenters. The Bertz CT molecular complexity index is 920. The molecule has 10 nitrogen and oxygen atoms in total. The largest absolute Gasteiger partial charge is 0.494 e. The highest BCUT2D eigenvalue weighted by Crippen LogP contribution is 2.40. The molecule has 1 aromatic heterocycles. The van der Waals surface area contributed by atoms with Crippen molar-refractivity contribution >= 4 is 17.5 Å². The highest BCUT2D eigenvalue weighted by atomic mass is 16.7. The minimum Gasteiger partial charge on any atom is -0.494 e. The van der Waals surface area contributed by atoms with Crippen LogP contribution in [0.3, 0.4) is 0 Å². The number of H-pyrrole nitrogens is 1. The summed E-state index contributed by atoms with van der Waals surface area (Å²) in [5, 5.41) is 2.87. The molecule has 0 saturated carbocycles. The van der Waals surface area contributed by atoms with Gasteiger partial charge in [0.25, 0.3) is 5.91 Å². The fourth-order valence-corrected chi connectivity index (χ4v) is 3.39. The van der Waals surface area contributed by atoms with E-state index in [2.05, 4.69) is 15.3 Å². The van der Waals surface area contributed by atoms with Gasteiger partial charge in [-0.1, -0.05) is 0 Å². The van der Waals surface area contributed by atoms with Gasteiger partial charge in [-0.25, -0.2) is 4.98 Å². The van der Waals surface area contributed by atoms with Gasteiger partial charge in [0, 0.05) is 38.3 Å². The number of hydrogen-bond donors (Lipinski definition) is 2. The van der Waals surface area contributed by atoms with Crippen molar-refractivity contribution in [3.8, 4) is 17.2 Å². The molecule has 0 radical (unpaired) electrons. The van der Waals surface area contributed by atoms with E-state index in [1.54, 1.807) is 23.2 Å². The number of piperazine rings is 1. The summed E-state index contributed by atoms with van der Waals surface area (Å²) in [4.78, 5) is 35.8. The molecule has 2 aliphatic heterocycles. The summed E-state index contributed by atoms with van der Waals surface area (Å²) in [6.07, 6.45) is 1.55. The van der Waals surface area contributed by atoms with Gasteiger partial charge in [-0.15, -0.1) is 0 Å². The van der Waals surface area contributed by atoms with Crippen LogP contribution in [0.15, 0.2) is 18.3 Å². The second kappa shape index (κ2) is 8.00. The predicted molar refractivity (Wildman–Crippen MR) is 103 cm³/mol. The standard InChI is InChI=1S/C19H23N5O5/c1-12-20-9-14(21-12)19(26)24-5-3-23(4-6-24)10-18(25)22-13-7-16-17(29-11-28-16)8-15(13)27-2/h7-9H,3-6,10-11H2,1-2H3,(H,20,21)(H,22,25). The normalized spacial score (nSPS) is 16.0. The summed E-state index contributed by atoms with van der Waals surface area (Å²) >= 11 is 0. The second-order valence-corrected chi connectivity index (χ2v) is 6.90. The Morgan fingerprint density at radius 2 is 1.93 bits per heavy atom. The van der Waals surface area contributed by atoms with Crippen LogP contribution in [0, 0.1) is 6.92 Å². The highest BCUT2D eigenvalue weighted by molar-refractivity contribution is 5.94. The molecular weight excluding hydrogens is 378 g/mol. The van der Waals surface area contributed by atoms with Crippen molar-refractivity contribution < 1.29 is 23.8 Å². The number of imidazole rings is 1. The van der Waals surface area contributed by atoms with E-state index in [9.17, 15) is 9.59 Å². The number of aryl methyl sites for hydroxylation is 1. The third-order valence-electron chi connectivity index (χ3n) is 4.93. The predicted octanol–water partition coefficient (Wildman–Crippen LogP) is 0.852. The molecule has 3 heterocycles. The van der Waals surface area contributed by atoms with E-state index in [1.807, 2.05) is 11.8 Å². The zero-order chi connectivity index (χ0) is 20.4. The molecule has 154 valence electrons. The van der Waals surface area contributed by atoms with E-state index in [0.29, 0.717) is 60.6 Å². The average Bonchev–Trinajstić information content (AvgIpc) is 3.35. The topological polar surface area (TPSA) is 109 Å². The van der Waals surface area contributed by atoms with Gasteiger partial charge in [0.15, 0.2) is 11.5 Å². The minimum absolute atomic E-state index is 0.0696. The Labute approximate surface area is 167 Å². The molecule has 1 fully saturated rings. The van der Waals surface area contributed by atoms with Crippen molar-refractivity contribution in [3.63, 3.8) is 0 Å². The van der Waals surface area contributed by atoms with Crippen molar-refractivity contribution in [1.29, 1.82) is 0 Å². The summed E-state index contributed by atoms with van der Waals surface area (Å²) in [6, 6.07) is 3.39. The molecule has 0 bridgehead atoms. The molecule has 10 heteroatoms. The number of methoxy groups -OCH3 is 1. The van der Waals surface area contributed by atoms with Gasteiger partial charge >= 0.3 is 0 Å². The summed E-state index contributed by atoms with van der Waals surface area (Å²) in [6.45, 7) is 4.52. The van der Waals surface area contributed by atoms with E-state index in [4.69, 9.17) is 14.2 Å². The first-order chi connectivity index (χ1) is 14.0. The lowest BCUT2D eigenvalue weighted by atomic mass is 10.2. The first-order valence-corrected chi connectivity index (χ1v) is 9.34. The van der Waals surface area contributed by atoms with Gasteiger partial charge in [0.05, 0.1) is 25.5 Å². The maximum absolute atomic E-state index is 12.5. The molecule has 2 amide bonds. The molecule has 2 aromatic rings. The Hall–Kier alpha value is -3.27. The van der Waals surface area contributed by atoms with Crippen LogP contribution in [0.2, 0.25) is 0 Å². The summed E-state index contributed by atoms with van der Waals surface area (Å²) in [5.74, 6) is 2.15. The number of carbonyl (C=O) groups excluding carboxylic acids is 2. The van der Waals surface area contributed by atoms with Gasteiger partial charge in [-0.2, -0.15) is 0 Å². The number of fused-ring (bicyclic) bond motifs is 1. The molecule has 1 aromatic carbocycles. The van der Waals surface area contributed by atoms with Crippen LogP contribution in [0.1, 0.15) is 16.3 Å². The summed E-state index contributed by atoms with van der Waals surface area (Å²) in [5.41, 5.74) is 1.02. The summed E-state index contributed by atoms with van der Waals surface area (Å²) < 4.78 is 16.0. The molecule has 2 aliphatic rings. The Kier molecular flexibility index (Phi) is 5.26. The number of aromatic amines is 1. The highest BCUT2D eigenvalue weighted by Gasteiger charge is 2.25. The summed E-state index contributed by atoms with van der Waals surface area (Å²) in [7, 11) is 1.53. The van der Waals surface area contributed by atoms with Crippen LogP contribution in [-0.2, 0) is 4.79 Å². The van der Waals surface area contributed by atoms with Crippen molar-refractivity contribution in [2.24, 2.45) is 0 Å². The SMILES string of the molecule is COc1cc2c(cc1NC(=O)CN1CCN(C(=O)c3cnc(C)[nH]3)CC1)OCO2. The number of rotatable bonds is 5. The molecule has 0 spiro atoms. The van der Waals surface area contributed by atoms with Gasteiger partial charge in [0.2, 0.25) is 12.7 Å². The molecule has 4 rings (SSSR count). The molecule has 1 saturated heterocycles. The Morgan fingerprint density at radius 1 is 1.21 bits per heavy atom. The quantitative estimate of drug-likeness (QED) is 0.765. The first kappa shape index (κ1) is 19.1. The number of nitrogens with zero attached hydrogens (tertiary/aromatic N) is 3. The lowest BCUT2D eigenvalue weighted by Crippen LogP contribution is -2.50. The Morgan fingerprint density at radius 3 is 2.59 bits per heavy atom. The number of amides is 2. The number of hydrogen-bond acceptors (Lipinski definition) is 7. The van der Waals surface area contributed by atoms with Crippen LogP contribution >= 0.6 is 0 Å². The molecular formula is C19H23N5O5. The smallest absolute Gasteiger partial charge is 0.272 e. The number of anilines is 1. The number of benzene rings is 1. The monoisotopic (exact) mass is 401 g/mol. The number of ether oxygens (including phenoxy) is 3. The van der Waals surface area contributed by atoms with Crippen molar-refractivity contribution in [2.45, 2.75) is 6.92 Å². The van der Waals surface area contributed by atoms with Crippen molar-refractivity contribution in [1.82, 2.24) is 19.8 Å². The zero-order valence-corrected chi connectivity index (χ0v) is 16.4. The third-order valence-corrected chi connectivity index (χ3v) is 4.93. The van der Waals surface area contributed by atoms with Crippen LogP contribution in [0.5, 0.6) is 17.2 Å². The molecule has 2 N–H and O–H groups in total. The van der Waals surface area contributed by atoms with E-state index in [-0.39, 0.29) is 25.2 Å².